The molecule has 78 heavy (non-hydrogen) atoms. The van der Waals surface area contributed by atoms with E-state index >= 15 is 0 Å². The molecule has 4 N–H and O–H groups in total. The van der Waals surface area contributed by atoms with Crippen molar-refractivity contribution < 1.29 is 49.5 Å². The summed E-state index contributed by atoms with van der Waals surface area (Å²) < 4.78 is 110. The van der Waals surface area contributed by atoms with Gasteiger partial charge in [-0.3, -0.25) is 14.2 Å². The van der Waals surface area contributed by atoms with Gasteiger partial charge in [0, 0.05) is 126 Å². The van der Waals surface area contributed by atoms with Crippen LogP contribution in [0.1, 0.15) is 54.1 Å². The molecule has 2 aromatic heterocycles. The topological polar surface area (TPSA) is 189 Å². The summed E-state index contributed by atoms with van der Waals surface area (Å²) in [7, 11) is 4.36. The van der Waals surface area contributed by atoms with E-state index in [9.17, 15) is 40.5 Å². The number of alkyl halides is 6. The molecule has 0 aliphatic carbocycles. The van der Waals surface area contributed by atoms with Gasteiger partial charge < -0.3 is 59.7 Å². The zero-order valence-electron chi connectivity index (χ0n) is 42.8. The van der Waals surface area contributed by atoms with Crippen LogP contribution in [0, 0.1) is 0 Å². The molecule has 0 bridgehead atoms. The van der Waals surface area contributed by atoms with Gasteiger partial charge in [-0.2, -0.15) is 36.3 Å². The maximum absolute atomic E-state index is 14.3. The molecule has 4 aliphatic rings. The van der Waals surface area contributed by atoms with E-state index in [0.29, 0.717) is 59.1 Å². The molecule has 0 radical (unpaired) electrons. The molecule has 6 aromatic rings. The lowest BCUT2D eigenvalue weighted by atomic mass is 10.0. The van der Waals surface area contributed by atoms with E-state index in [2.05, 4.69) is 60.8 Å². The Kier molecular flexibility index (Phi) is 15.2. The summed E-state index contributed by atoms with van der Waals surface area (Å²) in [4.78, 5) is 54.9. The summed E-state index contributed by atoms with van der Waals surface area (Å²) in [5.41, 5.74) is 4.01. The molecule has 26 heteroatoms. The highest BCUT2D eigenvalue weighted by atomic mass is 31.1. The lowest BCUT2D eigenvalue weighted by Crippen LogP contribution is -2.44. The Morgan fingerprint density at radius 2 is 0.897 bits per heavy atom. The second-order valence-corrected chi connectivity index (χ2v) is 20.6. The fourth-order valence-corrected chi connectivity index (χ4v) is 10.3. The standard InChI is InChI=1S/C52H55F6N14O5P/c1-67-17-21-71(22-18-67)41-15-13-39(43-35(41)27-69(3)47(43)73)63-45-37(51(53,54)55)25-59-49(65-45)61-33-9-5-31(6-10-33)29-76-78(75)77-30-32-7-11-34(12-8-32)62-50-60-26-38(52(56,57)58)46(66-50)64-40-14-16-42(72-23-19-68(2)20-24-72)36-28-70(4)48(74)44(36)40/h5-16,25-26,78H,17-24,27-30H2,1-4H3,(H2,59,61,63,65)(H2,60,62,64,66). The summed E-state index contributed by atoms with van der Waals surface area (Å²) >= 11 is 0. The average Bonchev–Trinajstić information content (AvgIpc) is 4.06. The highest BCUT2D eigenvalue weighted by Crippen LogP contribution is 2.43. The van der Waals surface area contributed by atoms with Crippen molar-refractivity contribution in [2.75, 3.05) is 112 Å². The Hall–Kier alpha value is -7.57. The molecule has 410 valence electrons. The monoisotopic (exact) mass is 1100 g/mol. The number of amides is 2. The van der Waals surface area contributed by atoms with Gasteiger partial charge in [0.2, 0.25) is 11.9 Å². The second-order valence-electron chi connectivity index (χ2n) is 19.5. The van der Waals surface area contributed by atoms with Crippen molar-refractivity contribution in [2.45, 2.75) is 38.7 Å². The van der Waals surface area contributed by atoms with Crippen LogP contribution < -0.4 is 31.1 Å². The number of piperazine rings is 2. The van der Waals surface area contributed by atoms with Crippen LogP contribution >= 0.6 is 8.25 Å². The van der Waals surface area contributed by atoms with Gasteiger partial charge in [-0.15, -0.1) is 0 Å². The zero-order valence-corrected chi connectivity index (χ0v) is 43.8. The normalized spacial score (nSPS) is 16.3. The van der Waals surface area contributed by atoms with Gasteiger partial charge in [0.15, 0.2) is 0 Å². The molecule has 2 saturated heterocycles. The van der Waals surface area contributed by atoms with Crippen molar-refractivity contribution >= 4 is 77.7 Å². The Morgan fingerprint density at radius 3 is 1.26 bits per heavy atom. The lowest BCUT2D eigenvalue weighted by Gasteiger charge is -2.35. The van der Waals surface area contributed by atoms with E-state index in [1.54, 1.807) is 74.8 Å². The molecule has 2 fully saturated rings. The highest BCUT2D eigenvalue weighted by Gasteiger charge is 2.39. The van der Waals surface area contributed by atoms with E-state index in [4.69, 9.17) is 9.05 Å². The summed E-state index contributed by atoms with van der Waals surface area (Å²) in [5, 5.41) is 11.4. The van der Waals surface area contributed by atoms with E-state index in [1.165, 1.54) is 9.80 Å². The minimum Gasteiger partial charge on any atom is -0.369 e. The lowest BCUT2D eigenvalue weighted by molar-refractivity contribution is -0.138. The van der Waals surface area contributed by atoms with E-state index < -0.39 is 43.4 Å². The molecule has 0 saturated carbocycles. The number of carbonyl (C=O) groups excluding carboxylic acids is 2. The highest BCUT2D eigenvalue weighted by molar-refractivity contribution is 7.33. The zero-order chi connectivity index (χ0) is 55.0. The number of halogens is 6. The van der Waals surface area contributed by atoms with Crippen LogP contribution in [0.4, 0.5) is 84.0 Å². The number of rotatable bonds is 16. The molecule has 4 aliphatic heterocycles. The molecule has 19 nitrogen and oxygen atoms in total. The number of likely N-dealkylation sites (N-methyl/N-ethyl adjacent to an activating group) is 2. The number of hydrogen-bond acceptors (Lipinski definition) is 17. The minimum atomic E-state index is -4.81. The fourth-order valence-electron chi connectivity index (χ4n) is 9.68. The third-order valence-corrected chi connectivity index (χ3v) is 14.8. The van der Waals surface area contributed by atoms with Gasteiger partial charge >= 0.3 is 20.6 Å². The summed E-state index contributed by atoms with van der Waals surface area (Å²) in [6.45, 7) is 6.74. The van der Waals surface area contributed by atoms with Crippen molar-refractivity contribution in [1.82, 2.24) is 39.5 Å². The van der Waals surface area contributed by atoms with Gasteiger partial charge in [0.25, 0.3) is 11.8 Å². The van der Waals surface area contributed by atoms with Crippen LogP contribution in [0.5, 0.6) is 0 Å². The first-order chi connectivity index (χ1) is 37.2. The van der Waals surface area contributed by atoms with Gasteiger partial charge in [-0.05, 0) is 73.8 Å². The maximum Gasteiger partial charge on any atom is 0.421 e. The number of nitrogens with one attached hydrogen (secondary N) is 4. The van der Waals surface area contributed by atoms with Crippen LogP contribution in [0.2, 0.25) is 0 Å². The number of anilines is 10. The minimum absolute atomic E-state index is 0.0979. The molecule has 10 rings (SSSR count). The molecule has 0 spiro atoms. The number of fused-ring (bicyclic) bond motifs is 2. The first-order valence-corrected chi connectivity index (χ1v) is 26.1. The molecule has 2 amide bonds. The number of nitrogens with zero attached hydrogens (tertiary/aromatic N) is 10. The summed E-state index contributed by atoms with van der Waals surface area (Å²) in [6, 6.07) is 19.9. The Morgan fingerprint density at radius 1 is 0.526 bits per heavy atom. The number of hydrogen-bond donors (Lipinski definition) is 4. The van der Waals surface area contributed by atoms with Crippen LogP contribution in [0.25, 0.3) is 0 Å². The average molecular weight is 1100 g/mol. The third-order valence-electron chi connectivity index (χ3n) is 14.0. The third kappa shape index (κ3) is 11.8. The first-order valence-electron chi connectivity index (χ1n) is 24.9. The second kappa shape index (κ2) is 22.0. The van der Waals surface area contributed by atoms with Crippen molar-refractivity contribution in [3.63, 3.8) is 0 Å². The van der Waals surface area contributed by atoms with Gasteiger partial charge in [-0.1, -0.05) is 24.3 Å². The van der Waals surface area contributed by atoms with Gasteiger partial charge in [-0.25, -0.2) is 9.97 Å². The SMILES string of the molecule is CN1CCN(c2ccc(Nc3nc(Nc4ccc(CO[PH](=O)OCc5ccc(Nc6ncc(C(F)(F)F)c(Nc7ccc(N8CCN(C)CC8)c8c7C(=O)N(C)C8)n6)cc5)cc4)ncc3C(F)(F)F)c3c2CN(C)C3=O)CC1. The summed E-state index contributed by atoms with van der Waals surface area (Å²) in [6.07, 6.45) is -8.28. The van der Waals surface area contributed by atoms with Crippen molar-refractivity contribution in [1.29, 1.82) is 0 Å². The predicted octanol–water partition coefficient (Wildman–Crippen LogP) is 9.08. The number of aromatic nitrogens is 4. The van der Waals surface area contributed by atoms with E-state index in [1.807, 2.05) is 26.2 Å². The Balaban J connectivity index is 0.738. The van der Waals surface area contributed by atoms with Gasteiger partial charge in [0.05, 0.1) is 35.7 Å². The maximum atomic E-state index is 14.3. The van der Waals surface area contributed by atoms with E-state index in [-0.39, 0.29) is 48.3 Å². The van der Waals surface area contributed by atoms with Crippen LogP contribution in [-0.2, 0) is 52.3 Å². The Labute approximate surface area is 445 Å². The van der Waals surface area contributed by atoms with Crippen LogP contribution in [0.15, 0.2) is 85.2 Å². The largest absolute Gasteiger partial charge is 0.421 e. The predicted molar refractivity (Wildman–Crippen MR) is 283 cm³/mol. The first kappa shape index (κ1) is 53.8. The Bertz CT molecular complexity index is 3030. The molecular weight excluding hydrogens is 1050 g/mol. The van der Waals surface area contributed by atoms with Crippen molar-refractivity contribution in [3.8, 4) is 0 Å². The smallest absolute Gasteiger partial charge is 0.369 e. The molecule has 4 aromatic carbocycles. The summed E-state index contributed by atoms with van der Waals surface area (Å²) in [5.74, 6) is -1.99. The van der Waals surface area contributed by atoms with Crippen molar-refractivity contribution in [2.24, 2.45) is 0 Å². The molecular formula is C52H55F6N14O5P. The fraction of sp³-hybridized carbons (Fsp3) is 0.346. The molecule has 0 atom stereocenters. The van der Waals surface area contributed by atoms with E-state index in [0.717, 1.165) is 74.9 Å². The number of benzene rings is 4. The van der Waals surface area contributed by atoms with Crippen LogP contribution in [-0.4, -0.2) is 132 Å². The molecule has 6 heterocycles. The van der Waals surface area contributed by atoms with Gasteiger partial charge in [0.1, 0.15) is 22.8 Å². The number of carbonyl (C=O) groups is 2. The van der Waals surface area contributed by atoms with Crippen LogP contribution in [0.3, 0.4) is 0 Å². The van der Waals surface area contributed by atoms with Crippen molar-refractivity contribution in [3.05, 3.63) is 130 Å². The molecule has 0 unspecified atom stereocenters. The quantitative estimate of drug-likeness (QED) is 0.0530.